The topological polar surface area (TPSA) is 113 Å². The number of morpholine rings is 1. The molecule has 0 bridgehead atoms. The Hall–Kier alpha value is -3.56. The quantitative estimate of drug-likeness (QED) is 0.266. The van der Waals surface area contributed by atoms with Gasteiger partial charge in [0.25, 0.3) is 5.91 Å². The lowest BCUT2D eigenvalue weighted by Gasteiger charge is -2.29. The van der Waals surface area contributed by atoms with Gasteiger partial charge in [-0.3, -0.25) is 9.59 Å². The third-order valence-electron chi connectivity index (χ3n) is 7.19. The van der Waals surface area contributed by atoms with Crippen molar-refractivity contribution >= 4 is 17.4 Å². The first-order valence-corrected chi connectivity index (χ1v) is 13.5. The van der Waals surface area contributed by atoms with E-state index in [1.165, 1.54) is 23.0 Å². The van der Waals surface area contributed by atoms with Crippen LogP contribution in [0.5, 0.6) is 17.2 Å². The summed E-state index contributed by atoms with van der Waals surface area (Å²) in [6.45, 7) is 10.9. The van der Waals surface area contributed by atoms with Crippen molar-refractivity contribution in [3.05, 3.63) is 58.7 Å². The number of aromatic hydroxyl groups is 1. The second kappa shape index (κ2) is 12.5. The molecule has 4 rings (SSSR count). The van der Waals surface area contributed by atoms with Crippen LogP contribution in [0.2, 0.25) is 0 Å². The number of rotatable bonds is 10. The fourth-order valence-electron chi connectivity index (χ4n) is 5.09. The zero-order chi connectivity index (χ0) is 28.1. The highest BCUT2D eigenvalue weighted by molar-refractivity contribution is 6.46. The van der Waals surface area contributed by atoms with Crippen LogP contribution in [0.15, 0.2) is 42.0 Å². The van der Waals surface area contributed by atoms with Crippen LogP contribution in [0.1, 0.15) is 43.0 Å². The Balaban J connectivity index is 1.70. The van der Waals surface area contributed by atoms with Gasteiger partial charge in [0.1, 0.15) is 18.8 Å². The van der Waals surface area contributed by atoms with E-state index < -0.39 is 23.5 Å². The number of nitrogens with one attached hydrogen (secondary N) is 1. The van der Waals surface area contributed by atoms with Gasteiger partial charge >= 0.3 is 0 Å². The number of hydrogen-bond acceptors (Lipinski definition) is 7. The number of ketones is 1. The van der Waals surface area contributed by atoms with Crippen LogP contribution < -0.4 is 19.5 Å². The minimum Gasteiger partial charge on any atom is -0.872 e. The number of nitrogens with zero attached hydrogens (tertiary/aromatic N) is 1. The summed E-state index contributed by atoms with van der Waals surface area (Å²) in [5, 5.41) is 24.0. The average molecular weight is 539 g/mol. The van der Waals surface area contributed by atoms with Gasteiger partial charge in [0, 0.05) is 18.5 Å². The van der Waals surface area contributed by atoms with Crippen LogP contribution in [-0.2, 0) is 14.3 Å². The molecule has 1 unspecified atom stereocenters. The molecule has 2 N–H and O–H groups in total. The molecule has 2 aliphatic rings. The molecule has 9 nitrogen and oxygen atoms in total. The van der Waals surface area contributed by atoms with Gasteiger partial charge in [0.05, 0.1) is 39.5 Å². The first-order chi connectivity index (χ1) is 18.7. The molecule has 0 aromatic heterocycles. The smallest absolute Gasteiger partial charge is 0.295 e. The Morgan fingerprint density at radius 3 is 2.56 bits per heavy atom. The maximum Gasteiger partial charge on any atom is 0.295 e. The van der Waals surface area contributed by atoms with Gasteiger partial charge in [-0.25, -0.2) is 0 Å². The summed E-state index contributed by atoms with van der Waals surface area (Å²) in [4.78, 5) is 29.5. The Morgan fingerprint density at radius 1 is 1.15 bits per heavy atom. The number of aryl methyl sites for hydroxylation is 1. The van der Waals surface area contributed by atoms with Crippen molar-refractivity contribution < 1.29 is 38.9 Å². The number of ether oxygens (including phenoxy) is 3. The number of phenols is 1. The van der Waals surface area contributed by atoms with Crippen molar-refractivity contribution in [2.24, 2.45) is 5.92 Å². The monoisotopic (exact) mass is 538 g/mol. The van der Waals surface area contributed by atoms with Crippen LogP contribution in [-0.4, -0.2) is 74.8 Å². The van der Waals surface area contributed by atoms with Gasteiger partial charge in [0.2, 0.25) is 5.78 Å². The standard InChI is InChI=1S/C30H38N2O7/c1-19(2)18-39-24-9-7-22(16-20(24)3)28(34)26-27(21-6-8-23(33)25(17-21)37-4)32(30(36)29(26)35)11-5-10-31-12-14-38-15-13-31/h6-9,16-17,19,27,33-34H,5,10-15,18H2,1-4H3/b28-26+. The second-order valence-corrected chi connectivity index (χ2v) is 10.6. The molecule has 1 atom stereocenters. The third-order valence-corrected chi connectivity index (χ3v) is 7.19. The van der Waals surface area contributed by atoms with Crippen LogP contribution >= 0.6 is 0 Å². The SMILES string of the molecule is COc1cc(C2/C(=C(\[O-])c3ccc(OCC(C)C)c(C)c3)C(=O)C(=O)N2CCC[NH+]2CCOCC2)ccc1O. The highest BCUT2D eigenvalue weighted by atomic mass is 16.5. The van der Waals surface area contributed by atoms with Crippen LogP contribution in [0.3, 0.4) is 0 Å². The second-order valence-electron chi connectivity index (χ2n) is 10.6. The maximum absolute atomic E-state index is 13.8. The predicted molar refractivity (Wildman–Crippen MR) is 144 cm³/mol. The highest BCUT2D eigenvalue weighted by Gasteiger charge is 2.44. The normalized spacial score (nSPS) is 19.6. The summed E-state index contributed by atoms with van der Waals surface area (Å²) in [5.41, 5.74) is 1.52. The largest absolute Gasteiger partial charge is 0.872 e. The van der Waals surface area contributed by atoms with Gasteiger partial charge in [-0.1, -0.05) is 31.7 Å². The van der Waals surface area contributed by atoms with Gasteiger partial charge in [0.15, 0.2) is 11.5 Å². The van der Waals surface area contributed by atoms with Crippen molar-refractivity contribution in [2.45, 2.75) is 33.2 Å². The Kier molecular flexibility index (Phi) is 9.14. The minimum absolute atomic E-state index is 0.0696. The number of carbonyl (C=O) groups is 2. The predicted octanol–water partition coefficient (Wildman–Crippen LogP) is 1.27. The minimum atomic E-state index is -0.885. The lowest BCUT2D eigenvalue weighted by Crippen LogP contribution is -3.14. The molecule has 2 saturated heterocycles. The third kappa shape index (κ3) is 6.37. The number of methoxy groups -OCH3 is 1. The number of Topliss-reactive ketones (excluding diaryl/α,β-unsaturated/α-hetero) is 1. The molecule has 2 aromatic rings. The lowest BCUT2D eigenvalue weighted by molar-refractivity contribution is -0.908. The number of hydrogen-bond donors (Lipinski definition) is 2. The van der Waals surface area contributed by atoms with Crippen molar-refractivity contribution in [1.29, 1.82) is 0 Å². The molecule has 2 fully saturated rings. The molecule has 2 aromatic carbocycles. The fraction of sp³-hybridized carbons (Fsp3) is 0.467. The summed E-state index contributed by atoms with van der Waals surface area (Å²) >= 11 is 0. The van der Waals surface area contributed by atoms with E-state index in [9.17, 15) is 19.8 Å². The van der Waals surface area contributed by atoms with Crippen molar-refractivity contribution in [1.82, 2.24) is 4.90 Å². The summed E-state index contributed by atoms with van der Waals surface area (Å²) in [6, 6.07) is 8.82. The summed E-state index contributed by atoms with van der Waals surface area (Å²) in [7, 11) is 1.42. The zero-order valence-electron chi connectivity index (χ0n) is 23.1. The van der Waals surface area contributed by atoms with E-state index >= 15 is 0 Å². The molecule has 2 aliphatic heterocycles. The molecule has 2 heterocycles. The summed E-state index contributed by atoms with van der Waals surface area (Å²) in [5.74, 6) is -0.834. The van der Waals surface area contributed by atoms with Gasteiger partial charge in [-0.05, 0) is 53.8 Å². The van der Waals surface area contributed by atoms with Gasteiger partial charge in [-0.2, -0.15) is 0 Å². The molecule has 210 valence electrons. The van der Waals surface area contributed by atoms with E-state index in [1.807, 2.05) is 6.92 Å². The molecule has 0 spiro atoms. The van der Waals surface area contributed by atoms with E-state index in [0.717, 1.165) is 25.2 Å². The van der Waals surface area contributed by atoms with Crippen molar-refractivity contribution in [3.8, 4) is 17.2 Å². The van der Waals surface area contributed by atoms with Crippen molar-refractivity contribution in [3.63, 3.8) is 0 Å². The van der Waals surface area contributed by atoms with E-state index in [-0.39, 0.29) is 17.1 Å². The molecular weight excluding hydrogens is 500 g/mol. The molecular formula is C30H38N2O7. The highest BCUT2D eigenvalue weighted by Crippen LogP contribution is 2.41. The number of benzene rings is 2. The number of phenolic OH excluding ortho intramolecular Hbond substituents is 1. The van der Waals surface area contributed by atoms with E-state index in [4.69, 9.17) is 14.2 Å². The van der Waals surface area contributed by atoms with Crippen LogP contribution in [0, 0.1) is 12.8 Å². The van der Waals surface area contributed by atoms with Crippen molar-refractivity contribution in [2.75, 3.05) is 53.1 Å². The summed E-state index contributed by atoms with van der Waals surface area (Å²) < 4.78 is 16.6. The van der Waals surface area contributed by atoms with Crippen LogP contribution in [0.25, 0.3) is 5.76 Å². The molecule has 0 aliphatic carbocycles. The first kappa shape index (κ1) is 28.4. The van der Waals surface area contributed by atoms with Gasteiger partial charge < -0.3 is 34.2 Å². The fourth-order valence-corrected chi connectivity index (χ4v) is 5.09. The molecule has 0 saturated carbocycles. The molecule has 0 radical (unpaired) electrons. The van der Waals surface area contributed by atoms with E-state index in [0.29, 0.717) is 55.6 Å². The average Bonchev–Trinajstić information content (AvgIpc) is 3.17. The van der Waals surface area contributed by atoms with E-state index in [2.05, 4.69) is 13.8 Å². The Bertz CT molecular complexity index is 1230. The van der Waals surface area contributed by atoms with Gasteiger partial charge in [-0.15, -0.1) is 0 Å². The Labute approximate surface area is 229 Å². The number of likely N-dealkylation sites (tertiary alicyclic amines) is 1. The molecule has 39 heavy (non-hydrogen) atoms. The van der Waals surface area contributed by atoms with Crippen LogP contribution in [0.4, 0.5) is 0 Å². The maximum atomic E-state index is 13.8. The zero-order valence-corrected chi connectivity index (χ0v) is 23.1. The first-order valence-electron chi connectivity index (χ1n) is 13.5. The summed E-state index contributed by atoms with van der Waals surface area (Å²) in [6.07, 6.45) is 0.669. The lowest BCUT2D eigenvalue weighted by atomic mass is 9.94. The number of carbonyl (C=O) groups excluding carboxylic acids is 2. The molecule has 9 heteroatoms. The number of amides is 1. The van der Waals surface area contributed by atoms with E-state index in [1.54, 1.807) is 30.3 Å². The number of quaternary nitrogens is 1. The Morgan fingerprint density at radius 2 is 1.90 bits per heavy atom. The molecule has 1 amide bonds.